The van der Waals surface area contributed by atoms with E-state index in [0.29, 0.717) is 0 Å². The molecule has 162 valence electrons. The van der Waals surface area contributed by atoms with Crippen molar-refractivity contribution in [3.05, 3.63) is 51.2 Å². The van der Waals surface area contributed by atoms with E-state index in [4.69, 9.17) is 9.94 Å². The number of carbonyl (C=O) groups excluding carboxylic acids is 1. The van der Waals surface area contributed by atoms with E-state index in [1.165, 1.54) is 26.1 Å². The predicted molar refractivity (Wildman–Crippen MR) is 112 cm³/mol. The molecule has 0 unspecified atom stereocenters. The Morgan fingerprint density at radius 1 is 1.24 bits per heavy atom. The fourth-order valence-corrected chi connectivity index (χ4v) is 2.15. The molecule has 0 saturated heterocycles. The van der Waals surface area contributed by atoms with Crippen molar-refractivity contribution in [2.45, 2.75) is 41.5 Å². The van der Waals surface area contributed by atoms with Crippen molar-refractivity contribution in [1.29, 1.82) is 0 Å². The van der Waals surface area contributed by atoms with Crippen LogP contribution in [0.2, 0.25) is 0 Å². The number of hydrogen-bond donors (Lipinski definition) is 3. The van der Waals surface area contributed by atoms with Crippen LogP contribution in [0.15, 0.2) is 23.0 Å². The molecular formula is C20H31FN4O4. The van der Waals surface area contributed by atoms with Crippen molar-refractivity contribution in [1.82, 2.24) is 15.3 Å². The van der Waals surface area contributed by atoms with Crippen LogP contribution in [-0.4, -0.2) is 34.0 Å². The molecule has 0 saturated carbocycles. The Hall–Kier alpha value is -2.78. The van der Waals surface area contributed by atoms with Crippen molar-refractivity contribution in [2.24, 2.45) is 7.05 Å². The molecule has 3 N–H and O–H groups in total. The number of nitrogens with one attached hydrogen (secondary N) is 2. The van der Waals surface area contributed by atoms with Gasteiger partial charge in [-0.3, -0.25) is 14.4 Å². The molecule has 8 nitrogen and oxygen atoms in total. The summed E-state index contributed by atoms with van der Waals surface area (Å²) >= 11 is 0. The Morgan fingerprint density at radius 2 is 1.86 bits per heavy atom. The fourth-order valence-electron chi connectivity index (χ4n) is 2.15. The van der Waals surface area contributed by atoms with Gasteiger partial charge in [-0.25, -0.2) is 14.6 Å². The number of halogens is 1. The number of hydroxylamine groups is 1. The minimum atomic E-state index is -0.734. The number of benzene rings is 1. The SMILES string of the molecule is CC.CC.Cc1ccc(Nc2c(C(=O)NOCCO)nn(C)c(=O)c2C)c(F)c1. The quantitative estimate of drug-likeness (QED) is 0.499. The largest absolute Gasteiger partial charge is 0.394 e. The second kappa shape index (κ2) is 13.4. The van der Waals surface area contributed by atoms with E-state index in [9.17, 15) is 14.0 Å². The molecule has 0 bridgehead atoms. The molecule has 29 heavy (non-hydrogen) atoms. The molecule has 1 heterocycles. The molecule has 0 fully saturated rings. The lowest BCUT2D eigenvalue weighted by Crippen LogP contribution is -2.32. The van der Waals surface area contributed by atoms with Gasteiger partial charge in [0.2, 0.25) is 0 Å². The fraction of sp³-hybridized carbons (Fsp3) is 0.450. The highest BCUT2D eigenvalue weighted by Gasteiger charge is 2.20. The summed E-state index contributed by atoms with van der Waals surface area (Å²) in [7, 11) is 1.40. The van der Waals surface area contributed by atoms with E-state index in [1.807, 2.05) is 27.7 Å². The van der Waals surface area contributed by atoms with E-state index < -0.39 is 17.3 Å². The molecule has 9 heteroatoms. The van der Waals surface area contributed by atoms with Crippen LogP contribution in [0.3, 0.4) is 0 Å². The van der Waals surface area contributed by atoms with Gasteiger partial charge in [-0.1, -0.05) is 33.8 Å². The van der Waals surface area contributed by atoms with E-state index >= 15 is 0 Å². The summed E-state index contributed by atoms with van der Waals surface area (Å²) in [6.45, 7) is 10.9. The van der Waals surface area contributed by atoms with Gasteiger partial charge in [-0.15, -0.1) is 0 Å². The lowest BCUT2D eigenvalue weighted by Gasteiger charge is -2.15. The highest BCUT2D eigenvalue weighted by Crippen LogP contribution is 2.24. The van der Waals surface area contributed by atoms with Crippen LogP contribution in [0.4, 0.5) is 15.8 Å². The van der Waals surface area contributed by atoms with Gasteiger partial charge in [0.1, 0.15) is 5.82 Å². The van der Waals surface area contributed by atoms with Crippen LogP contribution in [0, 0.1) is 19.7 Å². The minimum absolute atomic E-state index is 0.0796. The van der Waals surface area contributed by atoms with E-state index in [-0.39, 0.29) is 35.8 Å². The van der Waals surface area contributed by atoms with Gasteiger partial charge in [0.15, 0.2) is 5.69 Å². The molecule has 0 radical (unpaired) electrons. The number of anilines is 2. The monoisotopic (exact) mass is 410 g/mol. The Bertz CT molecular complexity index is 853. The predicted octanol–water partition coefficient (Wildman–Crippen LogP) is 2.99. The summed E-state index contributed by atoms with van der Waals surface area (Å²) in [5.41, 5.74) is 2.66. The number of rotatable bonds is 6. The van der Waals surface area contributed by atoms with E-state index in [0.717, 1.165) is 10.2 Å². The van der Waals surface area contributed by atoms with Crippen molar-refractivity contribution in [3.8, 4) is 0 Å². The molecular weight excluding hydrogens is 379 g/mol. The van der Waals surface area contributed by atoms with E-state index in [1.54, 1.807) is 13.0 Å². The maximum absolute atomic E-state index is 14.1. The number of amides is 1. The second-order valence-electron chi connectivity index (χ2n) is 5.39. The van der Waals surface area contributed by atoms with E-state index in [2.05, 4.69) is 15.9 Å². The highest BCUT2D eigenvalue weighted by molar-refractivity contribution is 5.98. The zero-order chi connectivity index (χ0) is 22.6. The van der Waals surface area contributed by atoms with Gasteiger partial charge < -0.3 is 10.4 Å². The molecule has 0 aliphatic heterocycles. The van der Waals surface area contributed by atoms with Crippen LogP contribution < -0.4 is 16.4 Å². The average Bonchev–Trinajstić information content (AvgIpc) is 2.73. The number of aryl methyl sites for hydroxylation is 2. The number of aliphatic hydroxyl groups excluding tert-OH is 1. The molecule has 0 atom stereocenters. The first-order valence-electron chi connectivity index (χ1n) is 9.49. The number of hydrogen-bond acceptors (Lipinski definition) is 6. The Morgan fingerprint density at radius 3 is 2.41 bits per heavy atom. The van der Waals surface area contributed by atoms with Crippen molar-refractivity contribution in [2.75, 3.05) is 18.5 Å². The summed E-state index contributed by atoms with van der Waals surface area (Å²) in [6.07, 6.45) is 0. The number of carbonyl (C=O) groups is 1. The molecule has 2 aromatic rings. The molecule has 0 aliphatic rings. The Balaban J connectivity index is 0.00000184. The summed E-state index contributed by atoms with van der Waals surface area (Å²) in [5, 5.41) is 15.4. The van der Waals surface area contributed by atoms with Gasteiger partial charge in [-0.05, 0) is 31.5 Å². The lowest BCUT2D eigenvalue weighted by atomic mass is 10.1. The molecule has 1 aromatic heterocycles. The van der Waals surface area contributed by atoms with Gasteiger partial charge >= 0.3 is 0 Å². The maximum atomic E-state index is 14.1. The molecule has 1 amide bonds. The zero-order valence-corrected chi connectivity index (χ0v) is 18.1. The van der Waals surface area contributed by atoms with Crippen LogP contribution in [-0.2, 0) is 11.9 Å². The topological polar surface area (TPSA) is 105 Å². The first-order valence-corrected chi connectivity index (χ1v) is 9.49. The van der Waals surface area contributed by atoms with Gasteiger partial charge in [0.25, 0.3) is 11.5 Å². The standard InChI is InChI=1S/C16H19FN4O4.2C2H6/c1-9-4-5-12(11(17)8-9)18-13-10(2)16(24)21(3)19-14(13)15(23)20-25-7-6-22;2*1-2/h4-5,8,18,22H,6-7H2,1-3H3,(H,20,23);2*1-2H3. The van der Waals surface area contributed by atoms with Crippen molar-refractivity contribution in [3.63, 3.8) is 0 Å². The molecule has 1 aromatic carbocycles. The van der Waals surface area contributed by atoms with Crippen LogP contribution in [0.1, 0.15) is 49.3 Å². The Kier molecular flexibility index (Phi) is 12.1. The third kappa shape index (κ3) is 7.28. The first kappa shape index (κ1) is 26.2. The smallest absolute Gasteiger partial charge is 0.297 e. The highest BCUT2D eigenvalue weighted by atomic mass is 19.1. The van der Waals surface area contributed by atoms with Crippen molar-refractivity contribution >= 4 is 17.3 Å². The molecule has 0 aliphatic carbocycles. The molecule has 2 rings (SSSR count). The number of nitrogens with zero attached hydrogens (tertiary/aromatic N) is 2. The number of aromatic nitrogens is 2. The summed E-state index contributed by atoms with van der Waals surface area (Å²) < 4.78 is 15.1. The number of aliphatic hydroxyl groups is 1. The van der Waals surface area contributed by atoms with Gasteiger partial charge in [-0.2, -0.15) is 5.10 Å². The van der Waals surface area contributed by atoms with Gasteiger partial charge in [0.05, 0.1) is 24.6 Å². The summed E-state index contributed by atoms with van der Waals surface area (Å²) in [6, 6.07) is 4.53. The van der Waals surface area contributed by atoms with Crippen LogP contribution in [0.5, 0.6) is 0 Å². The lowest BCUT2D eigenvalue weighted by molar-refractivity contribution is 0.0164. The minimum Gasteiger partial charge on any atom is -0.394 e. The normalized spacial score (nSPS) is 9.55. The van der Waals surface area contributed by atoms with Crippen LogP contribution >= 0.6 is 0 Å². The first-order chi connectivity index (χ1) is 13.8. The third-order valence-electron chi connectivity index (χ3n) is 3.43. The maximum Gasteiger partial charge on any atom is 0.297 e. The average molecular weight is 410 g/mol. The Labute approximate surface area is 170 Å². The van der Waals surface area contributed by atoms with Crippen LogP contribution in [0.25, 0.3) is 0 Å². The second-order valence-corrected chi connectivity index (χ2v) is 5.39. The summed E-state index contributed by atoms with van der Waals surface area (Å²) in [5.74, 6) is -1.26. The summed E-state index contributed by atoms with van der Waals surface area (Å²) in [4.78, 5) is 29.2. The third-order valence-corrected chi connectivity index (χ3v) is 3.43. The zero-order valence-electron chi connectivity index (χ0n) is 18.1. The van der Waals surface area contributed by atoms with Crippen molar-refractivity contribution < 1.29 is 19.1 Å². The molecule has 0 spiro atoms. The van der Waals surface area contributed by atoms with Gasteiger partial charge in [0, 0.05) is 12.6 Å².